The number of hydrogen-bond donors (Lipinski definition) is 5. The molecule has 6 N–H and O–H groups in total. The zero-order valence-electron chi connectivity index (χ0n) is 31.8. The van der Waals surface area contributed by atoms with Gasteiger partial charge in [-0.1, -0.05) is 97.8 Å². The van der Waals surface area contributed by atoms with Gasteiger partial charge in [0, 0.05) is 42.0 Å². The Morgan fingerprint density at radius 2 is 1.42 bits per heavy atom. The molecule has 6 rings (SSSR count). The second kappa shape index (κ2) is 20.6. The van der Waals surface area contributed by atoms with E-state index < -0.39 is 12.3 Å². The summed E-state index contributed by atoms with van der Waals surface area (Å²) in [5.74, 6) is -0.503. The smallest absolute Gasteiger partial charge is 0.336 e. The Morgan fingerprint density at radius 1 is 0.719 bits per heavy atom. The lowest BCUT2D eigenvalue weighted by Gasteiger charge is -2.36. The quantitative estimate of drug-likeness (QED) is 0.0332. The highest BCUT2D eigenvalue weighted by molar-refractivity contribution is 7.99. The van der Waals surface area contributed by atoms with Gasteiger partial charge in [0.2, 0.25) is 11.8 Å². The van der Waals surface area contributed by atoms with Crippen molar-refractivity contribution >= 4 is 40.9 Å². The zero-order chi connectivity index (χ0) is 40.0. The van der Waals surface area contributed by atoms with Gasteiger partial charge in [-0.2, -0.15) is 0 Å². The standard InChI is InChI=1S/C46H49N3O7S/c47-39-16-6-7-17-40(39)49-44(52)20-4-2-1-3-19-43(51)48-28-32-11-9-12-34(25-32)35-13-10-14-36(26-35)46-55-37(30-57-42-18-8-5-15-38(42)45(53)54)27-41(56-46)33-23-21-31(29-50)22-24-33/h5-18,21-26,37,41,46,50H,1-4,19-20,27-30,47H2,(H,48,51)(H,49,52)(H,53,54)/t37-,41+,46+/m0/s1. The Balaban J connectivity index is 1.03. The van der Waals surface area contributed by atoms with Crippen molar-refractivity contribution < 1.29 is 34.1 Å². The molecule has 10 nitrogen and oxygen atoms in total. The summed E-state index contributed by atoms with van der Waals surface area (Å²) in [5, 5.41) is 25.2. The number of carboxylic acids is 1. The van der Waals surface area contributed by atoms with Crippen LogP contribution in [0.5, 0.6) is 0 Å². The first-order valence-corrected chi connectivity index (χ1v) is 20.3. The number of carbonyl (C=O) groups is 3. The number of rotatable bonds is 18. The number of aliphatic hydroxyl groups excluding tert-OH is 1. The first-order valence-electron chi connectivity index (χ1n) is 19.3. The van der Waals surface area contributed by atoms with Crippen LogP contribution in [-0.2, 0) is 32.2 Å². The van der Waals surface area contributed by atoms with E-state index in [0.29, 0.717) is 47.8 Å². The van der Waals surface area contributed by atoms with Gasteiger partial charge in [0.25, 0.3) is 0 Å². The first-order chi connectivity index (χ1) is 27.7. The van der Waals surface area contributed by atoms with Gasteiger partial charge in [0.1, 0.15) is 0 Å². The number of aliphatic hydroxyl groups is 1. The van der Waals surface area contributed by atoms with E-state index in [9.17, 15) is 24.6 Å². The lowest BCUT2D eigenvalue weighted by molar-refractivity contribution is -0.245. The van der Waals surface area contributed by atoms with Gasteiger partial charge in [-0.3, -0.25) is 9.59 Å². The van der Waals surface area contributed by atoms with E-state index in [1.54, 1.807) is 24.3 Å². The van der Waals surface area contributed by atoms with Crippen LogP contribution < -0.4 is 16.4 Å². The number of benzene rings is 5. The number of amides is 2. The number of unbranched alkanes of at least 4 members (excludes halogenated alkanes) is 3. The summed E-state index contributed by atoms with van der Waals surface area (Å²) >= 11 is 1.46. The third kappa shape index (κ3) is 12.0. The molecule has 1 heterocycles. The third-order valence-electron chi connectivity index (χ3n) is 9.86. The molecule has 57 heavy (non-hydrogen) atoms. The fourth-order valence-electron chi connectivity index (χ4n) is 6.74. The average Bonchev–Trinajstić information content (AvgIpc) is 3.24. The number of nitrogens with one attached hydrogen (secondary N) is 2. The van der Waals surface area contributed by atoms with Gasteiger partial charge in [-0.15, -0.1) is 11.8 Å². The number of carbonyl (C=O) groups excluding carboxylic acids is 2. The molecule has 0 aliphatic carbocycles. The van der Waals surface area contributed by atoms with Crippen LogP contribution >= 0.6 is 11.8 Å². The molecule has 11 heteroatoms. The Bertz CT molecular complexity index is 2130. The van der Waals surface area contributed by atoms with Crippen LogP contribution in [0.2, 0.25) is 0 Å². The van der Waals surface area contributed by atoms with Crippen molar-refractivity contribution in [3.8, 4) is 11.1 Å². The largest absolute Gasteiger partial charge is 0.478 e. The summed E-state index contributed by atoms with van der Waals surface area (Å²) in [7, 11) is 0. The van der Waals surface area contributed by atoms with E-state index in [1.165, 1.54) is 11.8 Å². The van der Waals surface area contributed by atoms with Gasteiger partial charge in [0.05, 0.1) is 35.8 Å². The van der Waals surface area contributed by atoms with Crippen LogP contribution in [-0.4, -0.2) is 39.9 Å². The van der Waals surface area contributed by atoms with E-state index >= 15 is 0 Å². The van der Waals surface area contributed by atoms with Crippen molar-refractivity contribution in [1.29, 1.82) is 0 Å². The van der Waals surface area contributed by atoms with E-state index in [-0.39, 0.29) is 36.2 Å². The Kier molecular flexibility index (Phi) is 14.9. The number of aromatic carboxylic acids is 1. The van der Waals surface area contributed by atoms with Crippen LogP contribution in [0.1, 0.15) is 90.0 Å². The van der Waals surface area contributed by atoms with Crippen molar-refractivity contribution in [3.05, 3.63) is 149 Å². The second-order valence-electron chi connectivity index (χ2n) is 14.1. The van der Waals surface area contributed by atoms with E-state index in [4.69, 9.17) is 15.2 Å². The Hall–Kier alpha value is -5.46. The molecule has 0 radical (unpaired) electrons. The van der Waals surface area contributed by atoms with Crippen LogP contribution in [0.15, 0.2) is 126 Å². The molecule has 5 aromatic rings. The number of nitrogen functional groups attached to an aromatic ring is 1. The summed E-state index contributed by atoms with van der Waals surface area (Å²) in [4.78, 5) is 37.5. The maximum atomic E-state index is 12.7. The van der Waals surface area contributed by atoms with Gasteiger partial charge in [-0.05, 0) is 77.1 Å². The van der Waals surface area contributed by atoms with Crippen LogP contribution in [0, 0.1) is 0 Å². The summed E-state index contributed by atoms with van der Waals surface area (Å²) in [5.41, 5.74) is 12.9. The minimum Gasteiger partial charge on any atom is -0.478 e. The van der Waals surface area contributed by atoms with E-state index in [0.717, 1.165) is 59.1 Å². The number of para-hydroxylation sites is 2. The number of anilines is 2. The molecule has 0 saturated carbocycles. The molecule has 0 unspecified atom stereocenters. The fourth-order valence-corrected chi connectivity index (χ4v) is 7.80. The van der Waals surface area contributed by atoms with E-state index in [1.807, 2.05) is 84.9 Å². The van der Waals surface area contributed by atoms with Gasteiger partial charge >= 0.3 is 5.97 Å². The number of ether oxygens (including phenoxy) is 2. The molecule has 1 aliphatic heterocycles. The third-order valence-corrected chi connectivity index (χ3v) is 11.1. The second-order valence-corrected chi connectivity index (χ2v) is 15.2. The fraction of sp³-hybridized carbons (Fsp3) is 0.283. The number of carboxylic acid groups (broad SMARTS) is 1. The van der Waals surface area contributed by atoms with Gasteiger partial charge < -0.3 is 36.1 Å². The van der Waals surface area contributed by atoms with E-state index in [2.05, 4.69) is 22.8 Å². The minimum atomic E-state index is -0.966. The number of nitrogens with two attached hydrogens (primary N) is 1. The molecule has 1 fully saturated rings. The normalized spacial score (nSPS) is 16.5. The summed E-state index contributed by atoms with van der Waals surface area (Å²) in [6.45, 7) is 0.363. The number of thioether (sulfide) groups is 1. The van der Waals surface area contributed by atoms with Gasteiger partial charge in [-0.25, -0.2) is 4.79 Å². The van der Waals surface area contributed by atoms with Crippen molar-refractivity contribution in [1.82, 2.24) is 5.32 Å². The molecule has 3 atom stereocenters. The molecule has 0 spiro atoms. The van der Waals surface area contributed by atoms with Crippen LogP contribution in [0.3, 0.4) is 0 Å². The minimum absolute atomic E-state index is 0.00832. The SMILES string of the molecule is Nc1ccccc1NC(=O)CCCCCCC(=O)NCc1cccc(-c2cccc([C@@H]3O[C@H](CSc4ccccc4C(=O)O)C[C@H](c4ccc(CO)cc4)O3)c2)c1. The highest BCUT2D eigenvalue weighted by Crippen LogP contribution is 2.40. The lowest BCUT2D eigenvalue weighted by Crippen LogP contribution is -2.31. The molecule has 296 valence electrons. The average molecular weight is 788 g/mol. The van der Waals surface area contributed by atoms with Crippen molar-refractivity contribution in [3.63, 3.8) is 0 Å². The monoisotopic (exact) mass is 787 g/mol. The first kappa shape index (κ1) is 41.2. The van der Waals surface area contributed by atoms with Crippen molar-refractivity contribution in [2.75, 3.05) is 16.8 Å². The highest BCUT2D eigenvalue weighted by atomic mass is 32.2. The van der Waals surface area contributed by atoms with Crippen molar-refractivity contribution in [2.45, 2.75) is 81.5 Å². The van der Waals surface area contributed by atoms with Crippen LogP contribution in [0.25, 0.3) is 11.1 Å². The summed E-state index contributed by atoms with van der Waals surface area (Å²) < 4.78 is 13.1. The lowest BCUT2D eigenvalue weighted by atomic mass is 9.99. The molecule has 1 saturated heterocycles. The molecule has 5 aromatic carbocycles. The Labute approximate surface area is 337 Å². The van der Waals surface area contributed by atoms with Gasteiger partial charge in [0.15, 0.2) is 6.29 Å². The molecule has 1 aliphatic rings. The van der Waals surface area contributed by atoms with Crippen LogP contribution in [0.4, 0.5) is 11.4 Å². The number of hydrogen-bond acceptors (Lipinski definition) is 8. The van der Waals surface area contributed by atoms with Crippen molar-refractivity contribution in [2.24, 2.45) is 0 Å². The molecule has 0 bridgehead atoms. The maximum Gasteiger partial charge on any atom is 0.336 e. The topological polar surface area (TPSA) is 160 Å². The molecule has 0 aromatic heterocycles. The summed E-state index contributed by atoms with van der Waals surface area (Å²) in [6, 6.07) is 38.0. The molecular formula is C46H49N3O7S. The predicted molar refractivity (Wildman–Crippen MR) is 223 cm³/mol. The predicted octanol–water partition coefficient (Wildman–Crippen LogP) is 9.06. The zero-order valence-corrected chi connectivity index (χ0v) is 32.6. The highest BCUT2D eigenvalue weighted by Gasteiger charge is 2.32. The Morgan fingerprint density at radius 3 is 2.18 bits per heavy atom. The maximum absolute atomic E-state index is 12.7. The molecule has 2 amide bonds. The molecular weight excluding hydrogens is 739 g/mol. The summed E-state index contributed by atoms with van der Waals surface area (Å²) in [6.07, 6.45) is 3.45.